The Kier molecular flexibility index (Phi) is 5.81. The largest absolute Gasteiger partial charge is 0.353 e. The summed E-state index contributed by atoms with van der Waals surface area (Å²) in [7, 11) is 0. The molecule has 1 aliphatic rings. The van der Waals surface area contributed by atoms with E-state index in [2.05, 4.69) is 31.4 Å². The summed E-state index contributed by atoms with van der Waals surface area (Å²) in [6, 6.07) is 1.06. The van der Waals surface area contributed by atoms with E-state index in [9.17, 15) is 4.79 Å². The Balaban J connectivity index is 1.91. The first-order valence-corrected chi connectivity index (χ1v) is 6.60. The summed E-state index contributed by atoms with van der Waals surface area (Å²) in [5.74, 6) is 0.960. The van der Waals surface area contributed by atoms with Crippen molar-refractivity contribution in [2.45, 2.75) is 65.0 Å². The molecule has 94 valence electrons. The average Bonchev–Trinajstić information content (AvgIpc) is 2.95. The maximum absolute atomic E-state index is 11.4. The molecule has 1 unspecified atom stereocenters. The molecule has 1 aliphatic carbocycles. The molecule has 0 aromatic carbocycles. The molecule has 3 heteroatoms. The number of hydrogen-bond donors (Lipinski definition) is 2. The Morgan fingerprint density at radius 3 is 2.56 bits per heavy atom. The van der Waals surface area contributed by atoms with E-state index in [4.69, 9.17) is 0 Å². The van der Waals surface area contributed by atoms with Crippen LogP contribution in [0.5, 0.6) is 0 Å². The first kappa shape index (κ1) is 13.5. The predicted octanol–water partition coefficient (Wildman–Crippen LogP) is 2.07. The zero-order valence-electron chi connectivity index (χ0n) is 10.9. The highest BCUT2D eigenvalue weighted by molar-refractivity contribution is 5.76. The van der Waals surface area contributed by atoms with Crippen molar-refractivity contribution in [2.75, 3.05) is 6.54 Å². The molecule has 0 aromatic rings. The second kappa shape index (κ2) is 6.89. The molecular formula is C13H26N2O. The van der Waals surface area contributed by atoms with E-state index in [-0.39, 0.29) is 5.91 Å². The van der Waals surface area contributed by atoms with Crippen molar-refractivity contribution in [1.82, 2.24) is 10.6 Å². The summed E-state index contributed by atoms with van der Waals surface area (Å²) in [6.07, 6.45) is 5.16. The van der Waals surface area contributed by atoms with Crippen LogP contribution in [-0.2, 0) is 4.79 Å². The van der Waals surface area contributed by atoms with Crippen LogP contribution in [-0.4, -0.2) is 24.5 Å². The quantitative estimate of drug-likeness (QED) is 0.622. The molecule has 1 saturated carbocycles. The summed E-state index contributed by atoms with van der Waals surface area (Å²) in [5.41, 5.74) is 0. The van der Waals surface area contributed by atoms with Gasteiger partial charge in [-0.05, 0) is 45.1 Å². The fraction of sp³-hybridized carbons (Fsp3) is 0.923. The lowest BCUT2D eigenvalue weighted by Gasteiger charge is -2.15. The van der Waals surface area contributed by atoms with Gasteiger partial charge in [-0.1, -0.05) is 13.8 Å². The minimum atomic E-state index is 0.223. The normalized spacial score (nSPS) is 17.5. The fourth-order valence-corrected chi connectivity index (χ4v) is 1.92. The standard InChI is InChI=1S/C13H26N2O/c1-10(2)9-11(3)14-8-4-5-13(16)15-12-6-7-12/h10-12,14H,4-9H2,1-3H3,(H,15,16). The van der Waals surface area contributed by atoms with Crippen molar-refractivity contribution in [3.63, 3.8) is 0 Å². The van der Waals surface area contributed by atoms with Gasteiger partial charge in [-0.2, -0.15) is 0 Å². The Bertz CT molecular complexity index is 212. The zero-order chi connectivity index (χ0) is 12.0. The van der Waals surface area contributed by atoms with Gasteiger partial charge in [0.2, 0.25) is 5.91 Å². The first-order chi connectivity index (χ1) is 7.58. The number of nitrogens with one attached hydrogen (secondary N) is 2. The molecule has 1 amide bonds. The van der Waals surface area contributed by atoms with Crippen molar-refractivity contribution in [3.05, 3.63) is 0 Å². The highest BCUT2D eigenvalue weighted by Gasteiger charge is 2.22. The van der Waals surface area contributed by atoms with Gasteiger partial charge in [0.15, 0.2) is 0 Å². The molecule has 0 spiro atoms. The molecule has 1 fully saturated rings. The van der Waals surface area contributed by atoms with Crippen LogP contribution in [0.3, 0.4) is 0 Å². The van der Waals surface area contributed by atoms with Crippen LogP contribution in [0, 0.1) is 5.92 Å². The highest BCUT2D eigenvalue weighted by atomic mass is 16.1. The minimum absolute atomic E-state index is 0.223. The van der Waals surface area contributed by atoms with E-state index in [0.29, 0.717) is 18.5 Å². The van der Waals surface area contributed by atoms with Crippen molar-refractivity contribution in [3.8, 4) is 0 Å². The Morgan fingerprint density at radius 1 is 1.31 bits per heavy atom. The molecule has 0 bridgehead atoms. The summed E-state index contributed by atoms with van der Waals surface area (Å²) in [6.45, 7) is 7.64. The third-order valence-electron chi connectivity index (χ3n) is 2.84. The number of rotatable bonds is 8. The van der Waals surface area contributed by atoms with Gasteiger partial charge in [-0.3, -0.25) is 4.79 Å². The third-order valence-corrected chi connectivity index (χ3v) is 2.84. The van der Waals surface area contributed by atoms with Gasteiger partial charge in [-0.25, -0.2) is 0 Å². The summed E-state index contributed by atoms with van der Waals surface area (Å²) in [4.78, 5) is 11.4. The molecule has 3 nitrogen and oxygen atoms in total. The number of hydrogen-bond acceptors (Lipinski definition) is 2. The maximum Gasteiger partial charge on any atom is 0.220 e. The average molecular weight is 226 g/mol. The molecule has 0 aromatic heterocycles. The lowest BCUT2D eigenvalue weighted by Crippen LogP contribution is -2.30. The first-order valence-electron chi connectivity index (χ1n) is 6.60. The fourth-order valence-electron chi connectivity index (χ4n) is 1.92. The summed E-state index contributed by atoms with van der Waals surface area (Å²) >= 11 is 0. The number of amides is 1. The molecule has 0 heterocycles. The van der Waals surface area contributed by atoms with Crippen molar-refractivity contribution < 1.29 is 4.79 Å². The van der Waals surface area contributed by atoms with Crippen LogP contribution in [0.4, 0.5) is 0 Å². The molecule has 16 heavy (non-hydrogen) atoms. The van der Waals surface area contributed by atoms with Gasteiger partial charge in [0.1, 0.15) is 0 Å². The van der Waals surface area contributed by atoms with Crippen molar-refractivity contribution in [1.29, 1.82) is 0 Å². The molecule has 0 radical (unpaired) electrons. The number of carbonyl (C=O) groups is 1. The smallest absolute Gasteiger partial charge is 0.220 e. The van der Waals surface area contributed by atoms with E-state index in [0.717, 1.165) is 18.9 Å². The van der Waals surface area contributed by atoms with E-state index < -0.39 is 0 Å². The summed E-state index contributed by atoms with van der Waals surface area (Å²) in [5, 5.41) is 6.47. The second-order valence-corrected chi connectivity index (χ2v) is 5.43. The second-order valence-electron chi connectivity index (χ2n) is 5.43. The van der Waals surface area contributed by atoms with E-state index in [1.54, 1.807) is 0 Å². The van der Waals surface area contributed by atoms with Crippen LogP contribution in [0.1, 0.15) is 52.9 Å². The number of carbonyl (C=O) groups excluding carboxylic acids is 1. The lowest BCUT2D eigenvalue weighted by molar-refractivity contribution is -0.121. The molecule has 2 N–H and O–H groups in total. The molecule has 1 atom stereocenters. The molecular weight excluding hydrogens is 200 g/mol. The highest BCUT2D eigenvalue weighted by Crippen LogP contribution is 2.18. The van der Waals surface area contributed by atoms with E-state index in [1.807, 2.05) is 0 Å². The van der Waals surface area contributed by atoms with Gasteiger partial charge in [-0.15, -0.1) is 0 Å². The third kappa shape index (κ3) is 6.83. The monoisotopic (exact) mass is 226 g/mol. The van der Waals surface area contributed by atoms with Crippen molar-refractivity contribution in [2.24, 2.45) is 5.92 Å². The van der Waals surface area contributed by atoms with Gasteiger partial charge in [0.05, 0.1) is 0 Å². The van der Waals surface area contributed by atoms with Crippen LogP contribution < -0.4 is 10.6 Å². The maximum atomic E-state index is 11.4. The van der Waals surface area contributed by atoms with Gasteiger partial charge < -0.3 is 10.6 Å². The van der Waals surface area contributed by atoms with Crippen LogP contribution >= 0.6 is 0 Å². The van der Waals surface area contributed by atoms with Crippen molar-refractivity contribution >= 4 is 5.91 Å². The predicted molar refractivity (Wildman–Crippen MR) is 67.3 cm³/mol. The zero-order valence-corrected chi connectivity index (χ0v) is 10.9. The molecule has 1 rings (SSSR count). The van der Waals surface area contributed by atoms with Gasteiger partial charge in [0, 0.05) is 18.5 Å². The van der Waals surface area contributed by atoms with E-state index >= 15 is 0 Å². The Labute approximate surface area is 99.4 Å². The van der Waals surface area contributed by atoms with Gasteiger partial charge in [0.25, 0.3) is 0 Å². The van der Waals surface area contributed by atoms with Crippen LogP contribution in [0.25, 0.3) is 0 Å². The van der Waals surface area contributed by atoms with Crippen LogP contribution in [0.15, 0.2) is 0 Å². The SMILES string of the molecule is CC(C)CC(C)NCCCC(=O)NC1CC1. The minimum Gasteiger partial charge on any atom is -0.353 e. The van der Waals surface area contributed by atoms with Gasteiger partial charge >= 0.3 is 0 Å². The molecule has 0 aliphatic heterocycles. The topological polar surface area (TPSA) is 41.1 Å². The van der Waals surface area contributed by atoms with E-state index in [1.165, 1.54) is 19.3 Å². The lowest BCUT2D eigenvalue weighted by atomic mass is 10.1. The summed E-state index contributed by atoms with van der Waals surface area (Å²) < 4.78 is 0. The van der Waals surface area contributed by atoms with Crippen LogP contribution in [0.2, 0.25) is 0 Å². The molecule has 0 saturated heterocycles. The Morgan fingerprint density at radius 2 is 2.00 bits per heavy atom. The Hall–Kier alpha value is -0.570.